The van der Waals surface area contributed by atoms with Gasteiger partial charge in [-0.25, -0.2) is 4.39 Å². The Morgan fingerprint density at radius 1 is 1.21 bits per heavy atom. The Labute approximate surface area is 84.9 Å². The van der Waals surface area contributed by atoms with Crippen LogP contribution in [-0.4, -0.2) is 29.5 Å². The summed E-state index contributed by atoms with van der Waals surface area (Å²) in [6.45, 7) is 0.522. The molecule has 2 N–H and O–H groups in total. The molecule has 2 saturated carbocycles. The third-order valence-corrected chi connectivity index (χ3v) is 3.65. The first-order chi connectivity index (χ1) is 6.68. The van der Waals surface area contributed by atoms with E-state index in [1.807, 2.05) is 0 Å². The maximum Gasteiger partial charge on any atom is 0.123 e. The van der Waals surface area contributed by atoms with Gasteiger partial charge in [0, 0.05) is 12.6 Å². The van der Waals surface area contributed by atoms with Crippen molar-refractivity contribution in [2.45, 2.75) is 62.8 Å². The summed E-state index contributed by atoms with van der Waals surface area (Å²) in [5.41, 5.74) is -0.907. The smallest absolute Gasteiger partial charge is 0.123 e. The molecule has 3 heteroatoms. The monoisotopic (exact) mass is 201 g/mol. The number of aliphatic hydroxyl groups is 1. The molecule has 0 aromatic rings. The molecule has 0 atom stereocenters. The highest BCUT2D eigenvalue weighted by atomic mass is 19.1. The van der Waals surface area contributed by atoms with Crippen LogP contribution in [0.4, 0.5) is 4.39 Å². The first-order valence-electron chi connectivity index (χ1n) is 5.78. The van der Waals surface area contributed by atoms with E-state index in [-0.39, 0.29) is 6.10 Å². The van der Waals surface area contributed by atoms with E-state index in [0.29, 0.717) is 12.6 Å². The molecule has 0 aromatic heterocycles. The number of hydrogen-bond donors (Lipinski definition) is 2. The molecule has 14 heavy (non-hydrogen) atoms. The third-order valence-electron chi connectivity index (χ3n) is 3.65. The van der Waals surface area contributed by atoms with Crippen LogP contribution < -0.4 is 5.32 Å². The predicted molar refractivity (Wildman–Crippen MR) is 54.0 cm³/mol. The lowest BCUT2D eigenvalue weighted by molar-refractivity contribution is 0.0533. The Hall–Kier alpha value is -0.150. The number of nitrogens with one attached hydrogen (secondary N) is 1. The molecule has 0 spiro atoms. The molecule has 0 radical (unpaired) electrons. The minimum absolute atomic E-state index is 0.115. The summed E-state index contributed by atoms with van der Waals surface area (Å²) >= 11 is 0. The van der Waals surface area contributed by atoms with Crippen molar-refractivity contribution in [2.75, 3.05) is 6.54 Å². The van der Waals surface area contributed by atoms with Gasteiger partial charge in [0.15, 0.2) is 0 Å². The van der Waals surface area contributed by atoms with Crippen LogP contribution in [-0.2, 0) is 0 Å². The van der Waals surface area contributed by atoms with E-state index < -0.39 is 5.67 Å². The van der Waals surface area contributed by atoms with Crippen molar-refractivity contribution in [1.29, 1.82) is 0 Å². The van der Waals surface area contributed by atoms with Crippen LogP contribution in [0.5, 0.6) is 0 Å². The number of aliphatic hydroxyl groups excluding tert-OH is 1. The van der Waals surface area contributed by atoms with Crippen LogP contribution in [0.3, 0.4) is 0 Å². The molecule has 0 bridgehead atoms. The Bertz CT molecular complexity index is 186. The van der Waals surface area contributed by atoms with Crippen molar-refractivity contribution in [3.05, 3.63) is 0 Å². The molecule has 82 valence electrons. The van der Waals surface area contributed by atoms with E-state index in [1.54, 1.807) is 0 Å². The quantitative estimate of drug-likeness (QED) is 0.729. The lowest BCUT2D eigenvalue weighted by Gasteiger charge is -2.36. The fraction of sp³-hybridized carbons (Fsp3) is 1.00. The first kappa shape index (κ1) is 10.4. The molecule has 2 nitrogen and oxygen atoms in total. The molecule has 0 aromatic carbocycles. The fourth-order valence-corrected chi connectivity index (χ4v) is 2.34. The van der Waals surface area contributed by atoms with Crippen LogP contribution in [0, 0.1) is 0 Å². The maximum atomic E-state index is 13.6. The Balaban J connectivity index is 1.65. The third kappa shape index (κ3) is 2.45. The largest absolute Gasteiger partial charge is 0.393 e. The van der Waals surface area contributed by atoms with Crippen LogP contribution in [0.15, 0.2) is 0 Å². The second-order valence-corrected chi connectivity index (χ2v) is 4.89. The zero-order valence-electron chi connectivity index (χ0n) is 8.64. The van der Waals surface area contributed by atoms with Crippen molar-refractivity contribution < 1.29 is 9.50 Å². The second kappa shape index (κ2) is 4.15. The van der Waals surface area contributed by atoms with E-state index in [2.05, 4.69) is 5.32 Å². The van der Waals surface area contributed by atoms with Gasteiger partial charge in [-0.2, -0.15) is 0 Å². The second-order valence-electron chi connectivity index (χ2n) is 4.89. The average molecular weight is 201 g/mol. The molecular formula is C11H20FNO. The highest BCUT2D eigenvalue weighted by Crippen LogP contribution is 2.35. The molecule has 2 rings (SSSR count). The van der Waals surface area contributed by atoms with Gasteiger partial charge in [0.1, 0.15) is 5.67 Å². The SMILES string of the molecule is OC1CCC(NCC2(F)CCC2)CC1. The maximum absolute atomic E-state index is 13.6. The molecule has 2 fully saturated rings. The van der Waals surface area contributed by atoms with Crippen molar-refractivity contribution in [2.24, 2.45) is 0 Å². The van der Waals surface area contributed by atoms with Gasteiger partial charge in [-0.05, 0) is 44.9 Å². The number of halogens is 1. The van der Waals surface area contributed by atoms with Crippen molar-refractivity contribution in [3.8, 4) is 0 Å². The summed E-state index contributed by atoms with van der Waals surface area (Å²) in [4.78, 5) is 0. The standard InChI is InChI=1S/C11H20FNO/c12-11(6-1-7-11)8-13-9-2-4-10(14)5-3-9/h9-10,13-14H,1-8H2. The molecular weight excluding hydrogens is 181 g/mol. The minimum Gasteiger partial charge on any atom is -0.393 e. The van der Waals surface area contributed by atoms with Crippen molar-refractivity contribution >= 4 is 0 Å². The van der Waals surface area contributed by atoms with Gasteiger partial charge in [0.25, 0.3) is 0 Å². The molecule has 0 amide bonds. The average Bonchev–Trinajstić information content (AvgIpc) is 2.14. The highest BCUT2D eigenvalue weighted by Gasteiger charge is 2.37. The van der Waals surface area contributed by atoms with E-state index in [0.717, 1.165) is 44.9 Å². The Morgan fingerprint density at radius 2 is 1.86 bits per heavy atom. The first-order valence-corrected chi connectivity index (χ1v) is 5.78. The summed E-state index contributed by atoms with van der Waals surface area (Å²) in [7, 11) is 0. The fourth-order valence-electron chi connectivity index (χ4n) is 2.34. The molecule has 0 saturated heterocycles. The molecule has 2 aliphatic carbocycles. The Morgan fingerprint density at radius 3 is 2.36 bits per heavy atom. The normalized spacial score (nSPS) is 36.4. The van der Waals surface area contributed by atoms with Crippen molar-refractivity contribution in [3.63, 3.8) is 0 Å². The zero-order chi connectivity index (χ0) is 10.0. The van der Waals surface area contributed by atoms with E-state index in [4.69, 9.17) is 0 Å². The van der Waals surface area contributed by atoms with Crippen LogP contribution >= 0.6 is 0 Å². The van der Waals surface area contributed by atoms with E-state index >= 15 is 0 Å². The zero-order valence-corrected chi connectivity index (χ0v) is 8.64. The van der Waals surface area contributed by atoms with Gasteiger partial charge < -0.3 is 10.4 Å². The molecule has 0 heterocycles. The van der Waals surface area contributed by atoms with Crippen LogP contribution in [0.25, 0.3) is 0 Å². The topological polar surface area (TPSA) is 32.3 Å². The number of hydrogen-bond acceptors (Lipinski definition) is 2. The van der Waals surface area contributed by atoms with Gasteiger partial charge in [0.2, 0.25) is 0 Å². The molecule has 0 unspecified atom stereocenters. The van der Waals surface area contributed by atoms with E-state index in [9.17, 15) is 9.50 Å². The summed E-state index contributed by atoms with van der Waals surface area (Å²) < 4.78 is 13.6. The Kier molecular flexibility index (Phi) is 3.07. The summed E-state index contributed by atoms with van der Waals surface area (Å²) in [6.07, 6.45) is 6.13. The predicted octanol–water partition coefficient (Wildman–Crippen LogP) is 1.77. The summed E-state index contributed by atoms with van der Waals surface area (Å²) in [5.74, 6) is 0. The van der Waals surface area contributed by atoms with Gasteiger partial charge >= 0.3 is 0 Å². The molecule has 2 aliphatic rings. The van der Waals surface area contributed by atoms with Gasteiger partial charge in [0.05, 0.1) is 6.10 Å². The highest BCUT2D eigenvalue weighted by molar-refractivity contribution is 4.91. The molecule has 0 aliphatic heterocycles. The van der Waals surface area contributed by atoms with Crippen LogP contribution in [0.2, 0.25) is 0 Å². The van der Waals surface area contributed by atoms with Gasteiger partial charge in [-0.15, -0.1) is 0 Å². The van der Waals surface area contributed by atoms with Crippen LogP contribution in [0.1, 0.15) is 44.9 Å². The van der Waals surface area contributed by atoms with Gasteiger partial charge in [-0.1, -0.05) is 0 Å². The number of alkyl halides is 1. The van der Waals surface area contributed by atoms with E-state index in [1.165, 1.54) is 0 Å². The summed E-state index contributed by atoms with van der Waals surface area (Å²) in [6, 6.07) is 0.437. The lowest BCUT2D eigenvalue weighted by atomic mass is 9.81. The minimum atomic E-state index is -0.907. The number of rotatable bonds is 3. The van der Waals surface area contributed by atoms with Crippen molar-refractivity contribution in [1.82, 2.24) is 5.32 Å². The van der Waals surface area contributed by atoms with Gasteiger partial charge in [-0.3, -0.25) is 0 Å². The lowest BCUT2D eigenvalue weighted by Crippen LogP contribution is -2.46. The summed E-state index contributed by atoms with van der Waals surface area (Å²) in [5, 5.41) is 12.6.